The van der Waals surface area contributed by atoms with Gasteiger partial charge in [-0.1, -0.05) is 36.9 Å². The second-order valence-corrected chi connectivity index (χ2v) is 8.46. The molecule has 0 atom stereocenters. The van der Waals surface area contributed by atoms with Gasteiger partial charge in [-0.2, -0.15) is 9.97 Å². The van der Waals surface area contributed by atoms with Crippen LogP contribution in [0.15, 0.2) is 29.4 Å². The van der Waals surface area contributed by atoms with Gasteiger partial charge in [0.1, 0.15) is 0 Å². The summed E-state index contributed by atoms with van der Waals surface area (Å²) in [5.74, 6) is 1.12. The quantitative estimate of drug-likeness (QED) is 0.332. The van der Waals surface area contributed by atoms with Crippen molar-refractivity contribution in [2.45, 2.75) is 39.3 Å². The number of fused-ring (bicyclic) bond motifs is 1. The van der Waals surface area contributed by atoms with Crippen LogP contribution in [-0.2, 0) is 9.59 Å². The standard InChI is InChI=1S/C22H31N9O2S/c1-5-12-30(13-17(32)25-16-11-9-8-10-15(16)4)18(33)14-34-22-29-28-21-27-19(23-6-2)26-20(24-7-3)31(21)22/h8-11H,5-7,12-14H2,1-4H3,(H,25,32)(H2,23,24,26,27,28). The van der Waals surface area contributed by atoms with Crippen molar-refractivity contribution in [2.24, 2.45) is 0 Å². The molecule has 3 aromatic rings. The zero-order chi connectivity index (χ0) is 24.5. The van der Waals surface area contributed by atoms with Gasteiger partial charge < -0.3 is 20.9 Å². The number of aryl methyl sites for hydroxylation is 1. The molecule has 0 unspecified atom stereocenters. The Morgan fingerprint density at radius 1 is 1.06 bits per heavy atom. The van der Waals surface area contributed by atoms with Gasteiger partial charge in [-0.05, 0) is 38.8 Å². The van der Waals surface area contributed by atoms with Gasteiger partial charge in [-0.15, -0.1) is 10.2 Å². The van der Waals surface area contributed by atoms with Gasteiger partial charge in [0.05, 0.1) is 12.3 Å². The van der Waals surface area contributed by atoms with Gasteiger partial charge in [-0.25, -0.2) is 4.40 Å². The first-order chi connectivity index (χ1) is 16.5. The molecule has 0 radical (unpaired) electrons. The van der Waals surface area contributed by atoms with Gasteiger partial charge in [0.25, 0.3) is 5.78 Å². The molecule has 0 aliphatic rings. The molecule has 182 valence electrons. The Morgan fingerprint density at radius 2 is 1.82 bits per heavy atom. The topological polar surface area (TPSA) is 129 Å². The minimum Gasteiger partial charge on any atom is -0.355 e. The number of amides is 2. The van der Waals surface area contributed by atoms with Gasteiger partial charge in [0, 0.05) is 25.3 Å². The van der Waals surface area contributed by atoms with Crippen LogP contribution >= 0.6 is 11.8 Å². The largest absolute Gasteiger partial charge is 0.355 e. The Balaban J connectivity index is 1.69. The fraction of sp³-hybridized carbons (Fsp3) is 0.455. The highest BCUT2D eigenvalue weighted by Crippen LogP contribution is 2.21. The Labute approximate surface area is 203 Å². The molecule has 0 fully saturated rings. The molecule has 0 saturated heterocycles. The molecule has 2 amide bonds. The highest BCUT2D eigenvalue weighted by atomic mass is 32.2. The minimum atomic E-state index is -0.229. The summed E-state index contributed by atoms with van der Waals surface area (Å²) in [6.07, 6.45) is 0.744. The summed E-state index contributed by atoms with van der Waals surface area (Å²) in [6.45, 7) is 9.62. The average molecular weight is 486 g/mol. The number of nitrogens with zero attached hydrogens (tertiary/aromatic N) is 6. The van der Waals surface area contributed by atoms with E-state index < -0.39 is 0 Å². The number of carbonyl (C=O) groups is 2. The molecule has 34 heavy (non-hydrogen) atoms. The fourth-order valence-corrected chi connectivity index (χ4v) is 4.08. The van der Waals surface area contributed by atoms with E-state index in [2.05, 4.69) is 36.1 Å². The monoisotopic (exact) mass is 485 g/mol. The number of anilines is 3. The van der Waals surface area contributed by atoms with E-state index in [9.17, 15) is 9.59 Å². The first-order valence-electron chi connectivity index (χ1n) is 11.3. The molecule has 0 spiro atoms. The number of nitrogens with one attached hydrogen (secondary N) is 3. The van der Waals surface area contributed by atoms with E-state index in [4.69, 9.17) is 0 Å². The summed E-state index contributed by atoms with van der Waals surface area (Å²) in [5.41, 5.74) is 1.71. The van der Waals surface area contributed by atoms with Gasteiger partial charge >= 0.3 is 0 Å². The maximum Gasteiger partial charge on any atom is 0.261 e. The van der Waals surface area contributed by atoms with E-state index in [1.165, 1.54) is 11.8 Å². The number of benzene rings is 1. The molecular weight excluding hydrogens is 454 g/mol. The third kappa shape index (κ3) is 6.34. The van der Waals surface area contributed by atoms with Crippen LogP contribution in [0.4, 0.5) is 17.6 Å². The maximum absolute atomic E-state index is 13.0. The average Bonchev–Trinajstić information content (AvgIpc) is 3.22. The van der Waals surface area contributed by atoms with E-state index in [-0.39, 0.29) is 24.1 Å². The van der Waals surface area contributed by atoms with Crippen LogP contribution in [0.5, 0.6) is 0 Å². The lowest BCUT2D eigenvalue weighted by molar-refractivity contribution is -0.132. The van der Waals surface area contributed by atoms with E-state index in [1.807, 2.05) is 52.0 Å². The molecular formula is C22H31N9O2S. The Bertz CT molecular complexity index is 1130. The van der Waals surface area contributed by atoms with Crippen molar-refractivity contribution < 1.29 is 9.59 Å². The number of carbonyl (C=O) groups excluding carboxylic acids is 2. The Kier molecular flexibility index (Phi) is 9.02. The predicted molar refractivity (Wildman–Crippen MR) is 134 cm³/mol. The SMILES string of the molecule is CCCN(CC(=O)Nc1ccccc1C)C(=O)CSc1nnc2nc(NCC)nc(NCC)n12. The first-order valence-corrected chi connectivity index (χ1v) is 12.3. The van der Waals surface area contributed by atoms with Crippen LogP contribution in [-0.4, -0.2) is 73.2 Å². The zero-order valence-electron chi connectivity index (χ0n) is 20.0. The van der Waals surface area contributed by atoms with Crippen LogP contribution in [0.2, 0.25) is 0 Å². The second-order valence-electron chi connectivity index (χ2n) is 7.52. The normalized spacial score (nSPS) is 10.8. The predicted octanol–water partition coefficient (Wildman–Crippen LogP) is 2.66. The summed E-state index contributed by atoms with van der Waals surface area (Å²) in [5, 5.41) is 18.0. The number of aromatic nitrogens is 5. The van der Waals surface area contributed by atoms with Crippen molar-refractivity contribution in [3.63, 3.8) is 0 Å². The number of rotatable bonds is 12. The van der Waals surface area contributed by atoms with Crippen LogP contribution in [0.1, 0.15) is 32.8 Å². The lowest BCUT2D eigenvalue weighted by Crippen LogP contribution is -2.39. The van der Waals surface area contributed by atoms with Crippen molar-refractivity contribution in [1.29, 1.82) is 0 Å². The lowest BCUT2D eigenvalue weighted by Gasteiger charge is -2.21. The van der Waals surface area contributed by atoms with E-state index in [1.54, 1.807) is 9.30 Å². The maximum atomic E-state index is 13.0. The number of para-hydroxylation sites is 1. The van der Waals surface area contributed by atoms with Gasteiger partial charge in [-0.3, -0.25) is 9.59 Å². The molecule has 3 N–H and O–H groups in total. The summed E-state index contributed by atoms with van der Waals surface area (Å²) in [7, 11) is 0. The first kappa shape index (κ1) is 25.2. The van der Waals surface area contributed by atoms with Crippen LogP contribution in [0.3, 0.4) is 0 Å². The molecule has 2 heterocycles. The van der Waals surface area contributed by atoms with Crippen molar-refractivity contribution in [1.82, 2.24) is 29.5 Å². The number of hydrogen-bond donors (Lipinski definition) is 3. The van der Waals surface area contributed by atoms with Crippen LogP contribution in [0.25, 0.3) is 5.78 Å². The lowest BCUT2D eigenvalue weighted by atomic mass is 10.2. The summed E-state index contributed by atoms with van der Waals surface area (Å²) >= 11 is 1.24. The van der Waals surface area contributed by atoms with Crippen molar-refractivity contribution >= 4 is 46.9 Å². The van der Waals surface area contributed by atoms with Crippen molar-refractivity contribution in [3.05, 3.63) is 29.8 Å². The number of thioether (sulfide) groups is 1. The second kappa shape index (κ2) is 12.2. The summed E-state index contributed by atoms with van der Waals surface area (Å²) in [6, 6.07) is 7.55. The molecule has 12 heteroatoms. The van der Waals surface area contributed by atoms with Crippen LogP contribution < -0.4 is 16.0 Å². The molecule has 1 aromatic carbocycles. The highest BCUT2D eigenvalue weighted by Gasteiger charge is 2.20. The van der Waals surface area contributed by atoms with E-state index in [0.717, 1.165) is 17.7 Å². The smallest absolute Gasteiger partial charge is 0.261 e. The molecule has 2 aromatic heterocycles. The van der Waals surface area contributed by atoms with Crippen molar-refractivity contribution in [3.8, 4) is 0 Å². The third-order valence-electron chi connectivity index (χ3n) is 4.84. The molecule has 3 rings (SSSR count). The van der Waals surface area contributed by atoms with E-state index in [0.29, 0.717) is 42.5 Å². The fourth-order valence-electron chi connectivity index (χ4n) is 3.25. The molecule has 11 nitrogen and oxygen atoms in total. The number of hydrogen-bond acceptors (Lipinski definition) is 9. The van der Waals surface area contributed by atoms with Gasteiger partial charge in [0.2, 0.25) is 23.7 Å². The Morgan fingerprint density at radius 3 is 2.53 bits per heavy atom. The van der Waals surface area contributed by atoms with Gasteiger partial charge in [0.15, 0.2) is 5.16 Å². The third-order valence-corrected chi connectivity index (χ3v) is 5.75. The molecule has 0 saturated carbocycles. The van der Waals surface area contributed by atoms with Crippen LogP contribution in [0, 0.1) is 6.92 Å². The Hall–Kier alpha value is -3.41. The van der Waals surface area contributed by atoms with E-state index >= 15 is 0 Å². The molecule has 0 aliphatic heterocycles. The molecule has 0 aliphatic carbocycles. The summed E-state index contributed by atoms with van der Waals surface area (Å²) in [4.78, 5) is 36.0. The minimum absolute atomic E-state index is 0.0139. The summed E-state index contributed by atoms with van der Waals surface area (Å²) < 4.78 is 1.69. The zero-order valence-corrected chi connectivity index (χ0v) is 20.8. The highest BCUT2D eigenvalue weighted by molar-refractivity contribution is 7.99. The van der Waals surface area contributed by atoms with Crippen molar-refractivity contribution in [2.75, 3.05) is 47.9 Å². The molecule has 0 bridgehead atoms.